The quantitative estimate of drug-likeness (QED) is 0.111. The summed E-state index contributed by atoms with van der Waals surface area (Å²) in [7, 11) is 0. The third kappa shape index (κ3) is 8.12. The van der Waals surface area contributed by atoms with Gasteiger partial charge in [0.2, 0.25) is 11.8 Å². The number of hydrogen-bond acceptors (Lipinski definition) is 12. The van der Waals surface area contributed by atoms with E-state index >= 15 is 0 Å². The van der Waals surface area contributed by atoms with Gasteiger partial charge in [-0.1, -0.05) is 17.3 Å². The van der Waals surface area contributed by atoms with Crippen LogP contribution < -0.4 is 15.5 Å². The third-order valence-corrected chi connectivity index (χ3v) is 13.4. The van der Waals surface area contributed by atoms with Gasteiger partial charge in [-0.15, -0.1) is 0 Å². The summed E-state index contributed by atoms with van der Waals surface area (Å²) in [4.78, 5) is 47.0. The monoisotopic (exact) mass is 840 g/mol. The molecule has 5 aliphatic rings. The number of halogens is 2. The number of morpholine rings is 1. The molecule has 3 atom stereocenters. The molecular weight excluding hydrogens is 791 g/mol. The van der Waals surface area contributed by atoms with Crippen molar-refractivity contribution in [1.82, 2.24) is 39.8 Å². The molecule has 1 aliphatic carbocycles. The number of nitrogens with one attached hydrogen (secondary N) is 2. The van der Waals surface area contributed by atoms with E-state index in [2.05, 4.69) is 35.8 Å². The predicted octanol–water partition coefficient (Wildman–Crippen LogP) is 5.60. The molecule has 4 saturated heterocycles. The first kappa shape index (κ1) is 39.8. The number of carbonyl (C=O) groups is 3. The number of likely N-dealkylation sites (tertiary alicyclic amines) is 1. The molecule has 10 rings (SSSR count). The molecule has 8 heterocycles. The van der Waals surface area contributed by atoms with Gasteiger partial charge in [-0.25, -0.2) is 18.3 Å². The molecule has 18 heteroatoms. The number of amides is 3. The fourth-order valence-corrected chi connectivity index (χ4v) is 10.1. The highest BCUT2D eigenvalue weighted by Gasteiger charge is 2.40. The van der Waals surface area contributed by atoms with E-state index in [1.165, 1.54) is 10.7 Å². The summed E-state index contributed by atoms with van der Waals surface area (Å²) < 4.78 is 49.4. The molecule has 322 valence electrons. The second-order valence-electron chi connectivity index (χ2n) is 17.3. The second kappa shape index (κ2) is 16.9. The van der Waals surface area contributed by atoms with Gasteiger partial charge in [-0.2, -0.15) is 10.2 Å². The molecular formula is C43H50F2N10O6. The van der Waals surface area contributed by atoms with Crippen LogP contribution in [0.3, 0.4) is 0 Å². The molecule has 4 aromatic heterocycles. The number of nitrogens with zero attached hydrogens (tertiary/aromatic N) is 8. The van der Waals surface area contributed by atoms with Crippen LogP contribution in [0.4, 0.5) is 20.3 Å². The molecule has 61 heavy (non-hydrogen) atoms. The van der Waals surface area contributed by atoms with Gasteiger partial charge in [0, 0.05) is 57.0 Å². The number of ether oxygens (including phenoxy) is 2. The Balaban J connectivity index is 0.674. The first-order valence-electron chi connectivity index (χ1n) is 21.7. The van der Waals surface area contributed by atoms with Crippen LogP contribution in [0.15, 0.2) is 47.4 Å². The number of fused-ring (bicyclic) bond motifs is 4. The van der Waals surface area contributed by atoms with Crippen molar-refractivity contribution in [2.45, 2.75) is 107 Å². The minimum Gasteiger partial charge on any atom is -0.378 e. The van der Waals surface area contributed by atoms with Gasteiger partial charge in [0.1, 0.15) is 17.1 Å². The molecule has 5 fully saturated rings. The Kier molecular flexibility index (Phi) is 11.0. The summed E-state index contributed by atoms with van der Waals surface area (Å²) in [6.45, 7) is 4.99. The molecule has 3 amide bonds. The smallest absolute Gasteiger partial charge is 0.284 e. The van der Waals surface area contributed by atoms with Crippen molar-refractivity contribution >= 4 is 45.8 Å². The van der Waals surface area contributed by atoms with Gasteiger partial charge in [0.25, 0.3) is 12.3 Å². The number of anilines is 2. The lowest BCUT2D eigenvalue weighted by Crippen LogP contribution is -2.40. The van der Waals surface area contributed by atoms with Crippen LogP contribution in [0.25, 0.3) is 16.6 Å². The Hall–Kier alpha value is -5.33. The zero-order valence-electron chi connectivity index (χ0n) is 33.9. The molecule has 2 bridgehead atoms. The number of rotatable bonds is 13. The number of imide groups is 1. The van der Waals surface area contributed by atoms with Crippen LogP contribution in [0.2, 0.25) is 0 Å². The average molecular weight is 841 g/mol. The molecule has 1 saturated carbocycles. The van der Waals surface area contributed by atoms with Gasteiger partial charge >= 0.3 is 0 Å². The SMILES string of the molecule is O=C1CCC(c2noc3c(CCCOC4CCN(CC5CCC(n6cc(NC(=O)c7cnn8ccc(N9C[C@H]%10C[C@@H]9CO%10)nc78)c(C(F)F)n6)CC5)CC4)cccc23)C(=O)N1. The number of hydrogen-bond donors (Lipinski definition) is 2. The Labute approximate surface area is 350 Å². The van der Waals surface area contributed by atoms with Crippen LogP contribution in [0.1, 0.15) is 110 Å². The highest BCUT2D eigenvalue weighted by atomic mass is 19.3. The number of carbonyl (C=O) groups excluding carboxylic acids is 3. The number of aryl methyl sites for hydroxylation is 1. The van der Waals surface area contributed by atoms with Crippen LogP contribution in [0.5, 0.6) is 0 Å². The second-order valence-corrected chi connectivity index (χ2v) is 17.3. The molecule has 16 nitrogen and oxygen atoms in total. The van der Waals surface area contributed by atoms with Crippen LogP contribution in [0, 0.1) is 5.92 Å². The molecule has 0 radical (unpaired) electrons. The topological polar surface area (TPSA) is 174 Å². The summed E-state index contributed by atoms with van der Waals surface area (Å²) in [5, 5.41) is 18.7. The van der Waals surface area contributed by atoms with Crippen molar-refractivity contribution in [2.75, 3.05) is 49.6 Å². The number of aromatic nitrogens is 6. The van der Waals surface area contributed by atoms with Crippen molar-refractivity contribution in [3.63, 3.8) is 0 Å². The standard InChI is InChI=1S/C43H50F2N10O6/c44-40(45)38-34(47-43(58)33-20-46-54-17-14-35(48-41(33)54)53-22-30-19-28(53)24-60-30)23-55(50-38)27-8-6-25(7-9-27)21-52-15-12-29(13-16-52)59-18-2-4-26-3-1-5-31-37(51-61-39(26)31)32-10-11-36(56)49-42(32)57/h1,3,5,14,17,20,23,25,27-30,32,40H,2,4,6-13,15-16,18-19,21-22,24H2,(H,47,58)(H,49,56,57)/t25?,27?,28-,30-,32?/m1/s1. The van der Waals surface area contributed by atoms with Crippen molar-refractivity contribution in [3.8, 4) is 0 Å². The summed E-state index contributed by atoms with van der Waals surface area (Å²) in [5.74, 6) is -0.374. The van der Waals surface area contributed by atoms with Crippen LogP contribution in [-0.2, 0) is 25.5 Å². The zero-order chi connectivity index (χ0) is 41.6. The maximum Gasteiger partial charge on any atom is 0.284 e. The first-order valence-corrected chi connectivity index (χ1v) is 21.7. The highest BCUT2D eigenvalue weighted by molar-refractivity contribution is 6.08. The molecule has 5 aromatic rings. The number of alkyl halides is 2. The molecule has 2 N–H and O–H groups in total. The summed E-state index contributed by atoms with van der Waals surface area (Å²) in [5.41, 5.74) is 2.43. The largest absolute Gasteiger partial charge is 0.378 e. The average Bonchev–Trinajstić information content (AvgIpc) is 4.12. The van der Waals surface area contributed by atoms with E-state index in [1.54, 1.807) is 17.1 Å². The van der Waals surface area contributed by atoms with E-state index in [-0.39, 0.29) is 53.8 Å². The Morgan fingerprint density at radius 2 is 1.90 bits per heavy atom. The summed E-state index contributed by atoms with van der Waals surface area (Å²) >= 11 is 0. The fraction of sp³-hybridized carbons (Fsp3) is 0.558. The Morgan fingerprint density at radius 1 is 1.05 bits per heavy atom. The maximum absolute atomic E-state index is 14.3. The van der Waals surface area contributed by atoms with E-state index in [0.717, 1.165) is 101 Å². The fourth-order valence-electron chi connectivity index (χ4n) is 10.1. The third-order valence-electron chi connectivity index (χ3n) is 13.4. The minimum absolute atomic E-state index is 0.00420. The van der Waals surface area contributed by atoms with Crippen molar-refractivity contribution < 1.29 is 37.2 Å². The Bertz CT molecular complexity index is 2420. The Morgan fingerprint density at radius 3 is 2.67 bits per heavy atom. The maximum atomic E-state index is 14.3. The van der Waals surface area contributed by atoms with E-state index in [1.807, 2.05) is 24.3 Å². The van der Waals surface area contributed by atoms with Crippen molar-refractivity contribution in [1.29, 1.82) is 0 Å². The van der Waals surface area contributed by atoms with E-state index < -0.39 is 23.9 Å². The van der Waals surface area contributed by atoms with Gasteiger partial charge in [-0.3, -0.25) is 24.4 Å². The lowest BCUT2D eigenvalue weighted by molar-refractivity contribution is -0.134. The van der Waals surface area contributed by atoms with Gasteiger partial charge in [0.15, 0.2) is 16.9 Å². The van der Waals surface area contributed by atoms with Crippen molar-refractivity contribution in [2.24, 2.45) is 5.92 Å². The minimum atomic E-state index is -2.85. The summed E-state index contributed by atoms with van der Waals surface area (Å²) in [6.07, 6.45) is 11.1. The first-order chi connectivity index (χ1) is 29.7. The van der Waals surface area contributed by atoms with Gasteiger partial charge in [-0.05, 0) is 87.8 Å². The molecule has 0 spiro atoms. The summed E-state index contributed by atoms with van der Waals surface area (Å²) in [6, 6.07) is 7.99. The van der Waals surface area contributed by atoms with Gasteiger partial charge in [0.05, 0.1) is 48.7 Å². The number of benzene rings is 1. The zero-order valence-corrected chi connectivity index (χ0v) is 33.9. The number of para-hydroxylation sites is 1. The number of piperidine rings is 2. The van der Waals surface area contributed by atoms with Crippen LogP contribution in [-0.4, -0.2) is 110 Å². The lowest BCUT2D eigenvalue weighted by atomic mass is 9.85. The normalized spacial score (nSPS) is 25.0. The molecule has 1 aromatic carbocycles. The van der Waals surface area contributed by atoms with Crippen molar-refractivity contribution in [3.05, 3.63) is 65.4 Å². The van der Waals surface area contributed by atoms with Crippen LogP contribution >= 0.6 is 0 Å². The molecule has 1 unspecified atom stereocenters. The highest BCUT2D eigenvalue weighted by Crippen LogP contribution is 2.37. The van der Waals surface area contributed by atoms with Gasteiger partial charge < -0.3 is 29.1 Å². The van der Waals surface area contributed by atoms with E-state index in [9.17, 15) is 23.2 Å². The molecule has 4 aliphatic heterocycles. The van der Waals surface area contributed by atoms with E-state index in [0.29, 0.717) is 42.5 Å². The lowest BCUT2D eigenvalue weighted by Gasteiger charge is -2.36. The predicted molar refractivity (Wildman–Crippen MR) is 217 cm³/mol. The van der Waals surface area contributed by atoms with E-state index in [4.69, 9.17) is 19.0 Å².